The second-order valence-corrected chi connectivity index (χ2v) is 5.48. The van der Waals surface area contributed by atoms with E-state index in [0.29, 0.717) is 0 Å². The van der Waals surface area contributed by atoms with Crippen LogP contribution in [-0.4, -0.2) is 47.9 Å². The van der Waals surface area contributed by atoms with Crippen LogP contribution in [0.5, 0.6) is 0 Å². The third-order valence-electron chi connectivity index (χ3n) is 4.11. The monoisotopic (exact) mass is 259 g/mol. The summed E-state index contributed by atoms with van der Waals surface area (Å²) in [4.78, 5) is 16.8. The highest BCUT2D eigenvalue weighted by Gasteiger charge is 2.33. The number of carbonyl (C=O) groups is 1. The van der Waals surface area contributed by atoms with Gasteiger partial charge in [0.25, 0.3) is 0 Å². The number of hydrogen-bond acceptors (Lipinski definition) is 3. The van der Waals surface area contributed by atoms with Crippen LogP contribution in [0.25, 0.3) is 0 Å². The van der Waals surface area contributed by atoms with Crippen molar-refractivity contribution in [3.8, 4) is 0 Å². The number of piperazine rings is 1. The third kappa shape index (κ3) is 2.80. The van der Waals surface area contributed by atoms with Gasteiger partial charge in [0.2, 0.25) is 5.91 Å². The molecule has 0 bridgehead atoms. The van der Waals surface area contributed by atoms with E-state index < -0.39 is 6.04 Å². The lowest BCUT2D eigenvalue weighted by Crippen LogP contribution is -2.51. The molecule has 0 aromatic heterocycles. The van der Waals surface area contributed by atoms with Crippen LogP contribution in [0.1, 0.15) is 24.4 Å². The molecular weight excluding hydrogens is 238 g/mol. The van der Waals surface area contributed by atoms with E-state index >= 15 is 0 Å². The zero-order valence-electron chi connectivity index (χ0n) is 11.2. The van der Waals surface area contributed by atoms with Crippen molar-refractivity contribution in [2.45, 2.75) is 24.9 Å². The van der Waals surface area contributed by atoms with Gasteiger partial charge in [-0.05, 0) is 18.4 Å². The fourth-order valence-electron chi connectivity index (χ4n) is 2.75. The van der Waals surface area contributed by atoms with Crippen molar-refractivity contribution in [2.24, 2.45) is 5.73 Å². The van der Waals surface area contributed by atoms with Crippen molar-refractivity contribution in [3.63, 3.8) is 0 Å². The van der Waals surface area contributed by atoms with E-state index in [9.17, 15) is 4.79 Å². The molecule has 1 amide bonds. The number of carbonyl (C=O) groups excluding carboxylic acids is 1. The number of nitrogens with zero attached hydrogens (tertiary/aromatic N) is 2. The first kappa shape index (κ1) is 12.6. The summed E-state index contributed by atoms with van der Waals surface area (Å²) in [5.74, 6) is 0.0571. The first-order valence-corrected chi connectivity index (χ1v) is 7.09. The van der Waals surface area contributed by atoms with Gasteiger partial charge < -0.3 is 10.6 Å². The molecule has 1 aromatic rings. The van der Waals surface area contributed by atoms with Crippen LogP contribution >= 0.6 is 0 Å². The Morgan fingerprint density at radius 3 is 2.32 bits per heavy atom. The molecule has 0 spiro atoms. The molecule has 2 N–H and O–H groups in total. The maximum Gasteiger partial charge on any atom is 0.244 e. The van der Waals surface area contributed by atoms with Crippen molar-refractivity contribution in [2.75, 3.05) is 26.2 Å². The van der Waals surface area contributed by atoms with Crippen LogP contribution in [0, 0.1) is 0 Å². The maximum absolute atomic E-state index is 12.4. The molecule has 2 aliphatic rings. The first-order chi connectivity index (χ1) is 9.25. The molecule has 1 heterocycles. The van der Waals surface area contributed by atoms with E-state index in [1.165, 1.54) is 12.8 Å². The average Bonchev–Trinajstić information content (AvgIpc) is 3.31. The van der Waals surface area contributed by atoms with Crippen molar-refractivity contribution >= 4 is 5.91 Å². The lowest BCUT2D eigenvalue weighted by Gasteiger charge is -2.36. The Morgan fingerprint density at radius 1 is 1.11 bits per heavy atom. The van der Waals surface area contributed by atoms with E-state index in [1.54, 1.807) is 0 Å². The number of nitrogens with two attached hydrogens (primary N) is 1. The van der Waals surface area contributed by atoms with Gasteiger partial charge in [-0.1, -0.05) is 30.3 Å². The molecular formula is C15H21N3O. The topological polar surface area (TPSA) is 49.6 Å². The summed E-state index contributed by atoms with van der Waals surface area (Å²) in [7, 11) is 0. The third-order valence-corrected chi connectivity index (χ3v) is 4.11. The van der Waals surface area contributed by atoms with Gasteiger partial charge in [-0.3, -0.25) is 9.69 Å². The second-order valence-electron chi connectivity index (χ2n) is 5.48. The molecule has 1 aliphatic carbocycles. The Labute approximate surface area is 114 Å². The molecule has 0 unspecified atom stereocenters. The first-order valence-electron chi connectivity index (χ1n) is 7.09. The Morgan fingerprint density at radius 2 is 1.74 bits per heavy atom. The Kier molecular flexibility index (Phi) is 3.53. The SMILES string of the molecule is N[C@H](C(=O)N1CCN(C2CC2)CC1)c1ccccc1. The molecule has 4 nitrogen and oxygen atoms in total. The van der Waals surface area contributed by atoms with Gasteiger partial charge in [-0.25, -0.2) is 0 Å². The molecule has 1 saturated heterocycles. The van der Waals surface area contributed by atoms with Gasteiger partial charge in [-0.2, -0.15) is 0 Å². The van der Waals surface area contributed by atoms with Crippen molar-refractivity contribution < 1.29 is 4.79 Å². The van der Waals surface area contributed by atoms with Gasteiger partial charge in [0.05, 0.1) is 0 Å². The summed E-state index contributed by atoms with van der Waals surface area (Å²) in [6.45, 7) is 3.63. The molecule has 19 heavy (non-hydrogen) atoms. The molecule has 1 aliphatic heterocycles. The molecule has 2 fully saturated rings. The molecule has 1 saturated carbocycles. The molecule has 3 rings (SSSR count). The fourth-order valence-corrected chi connectivity index (χ4v) is 2.75. The molecule has 4 heteroatoms. The van der Waals surface area contributed by atoms with Gasteiger partial charge in [0.15, 0.2) is 0 Å². The summed E-state index contributed by atoms with van der Waals surface area (Å²) < 4.78 is 0. The van der Waals surface area contributed by atoms with Crippen molar-refractivity contribution in [1.29, 1.82) is 0 Å². The number of amides is 1. The standard InChI is InChI=1S/C15H21N3O/c16-14(12-4-2-1-3-5-12)15(19)18-10-8-17(9-11-18)13-6-7-13/h1-5,13-14H,6-11,16H2/t14-/m0/s1. The quantitative estimate of drug-likeness (QED) is 0.881. The van der Waals surface area contributed by atoms with Gasteiger partial charge >= 0.3 is 0 Å². The summed E-state index contributed by atoms with van der Waals surface area (Å²) in [6, 6.07) is 9.90. The van der Waals surface area contributed by atoms with Crippen LogP contribution in [0.2, 0.25) is 0 Å². The molecule has 1 atom stereocenters. The number of rotatable bonds is 3. The van der Waals surface area contributed by atoms with E-state index in [-0.39, 0.29) is 5.91 Å². The summed E-state index contributed by atoms with van der Waals surface area (Å²) >= 11 is 0. The smallest absolute Gasteiger partial charge is 0.244 e. The van der Waals surface area contributed by atoms with Crippen LogP contribution in [0.15, 0.2) is 30.3 Å². The van der Waals surface area contributed by atoms with Gasteiger partial charge in [-0.15, -0.1) is 0 Å². The average molecular weight is 259 g/mol. The second kappa shape index (κ2) is 5.31. The summed E-state index contributed by atoms with van der Waals surface area (Å²) in [5.41, 5.74) is 6.97. The van der Waals surface area contributed by atoms with Gasteiger partial charge in [0.1, 0.15) is 6.04 Å². The lowest BCUT2D eigenvalue weighted by molar-refractivity contribution is -0.134. The van der Waals surface area contributed by atoms with E-state index in [1.807, 2.05) is 35.2 Å². The van der Waals surface area contributed by atoms with E-state index in [2.05, 4.69) is 4.90 Å². The number of benzene rings is 1. The highest BCUT2D eigenvalue weighted by atomic mass is 16.2. The fraction of sp³-hybridized carbons (Fsp3) is 0.533. The predicted molar refractivity (Wildman–Crippen MR) is 74.5 cm³/mol. The summed E-state index contributed by atoms with van der Waals surface area (Å²) in [6.07, 6.45) is 2.66. The maximum atomic E-state index is 12.4. The molecule has 102 valence electrons. The Balaban J connectivity index is 1.58. The highest BCUT2D eigenvalue weighted by Crippen LogP contribution is 2.27. The zero-order chi connectivity index (χ0) is 13.2. The lowest BCUT2D eigenvalue weighted by atomic mass is 10.1. The minimum absolute atomic E-state index is 0.0571. The Bertz CT molecular complexity index is 436. The van der Waals surface area contributed by atoms with Crippen LogP contribution < -0.4 is 5.73 Å². The highest BCUT2D eigenvalue weighted by molar-refractivity contribution is 5.83. The number of hydrogen-bond donors (Lipinski definition) is 1. The zero-order valence-corrected chi connectivity index (χ0v) is 11.2. The molecule has 0 radical (unpaired) electrons. The Hall–Kier alpha value is -1.39. The van der Waals surface area contributed by atoms with E-state index in [4.69, 9.17) is 5.73 Å². The van der Waals surface area contributed by atoms with Crippen LogP contribution in [0.3, 0.4) is 0 Å². The largest absolute Gasteiger partial charge is 0.338 e. The minimum atomic E-state index is -0.520. The van der Waals surface area contributed by atoms with Crippen molar-refractivity contribution in [1.82, 2.24) is 9.80 Å². The molecule has 1 aromatic carbocycles. The van der Waals surface area contributed by atoms with Gasteiger partial charge in [0, 0.05) is 32.2 Å². The van der Waals surface area contributed by atoms with Crippen molar-refractivity contribution in [3.05, 3.63) is 35.9 Å². The minimum Gasteiger partial charge on any atom is -0.338 e. The van der Waals surface area contributed by atoms with E-state index in [0.717, 1.165) is 37.8 Å². The van der Waals surface area contributed by atoms with Crippen LogP contribution in [0.4, 0.5) is 0 Å². The summed E-state index contributed by atoms with van der Waals surface area (Å²) in [5, 5.41) is 0. The van der Waals surface area contributed by atoms with Crippen LogP contribution in [-0.2, 0) is 4.79 Å². The normalized spacial score (nSPS) is 22.3. The predicted octanol–water partition coefficient (Wildman–Crippen LogP) is 0.993.